The predicted octanol–water partition coefficient (Wildman–Crippen LogP) is 9.91. The van der Waals surface area contributed by atoms with Crippen LogP contribution in [-0.2, 0) is 11.4 Å². The van der Waals surface area contributed by atoms with Crippen LogP contribution in [0, 0.1) is 19.7 Å². The number of thioether (sulfide) groups is 1. The molecular weight excluding hydrogens is 662 g/mol. The Kier molecular flexibility index (Phi) is 9.28. The average Bonchev–Trinajstić information content (AvgIpc) is 3.25. The molecular formula is C32H24BrCl2FN2O3S. The number of carbonyl (C=O) groups excluding carboxylic acids is 1. The summed E-state index contributed by atoms with van der Waals surface area (Å²) in [5.74, 6) is 0.328. The van der Waals surface area contributed by atoms with Crippen LogP contribution >= 0.6 is 50.9 Å². The Balaban J connectivity index is 1.50. The van der Waals surface area contributed by atoms with Crippen LogP contribution in [-0.4, -0.2) is 18.2 Å². The number of rotatable bonds is 7. The summed E-state index contributed by atoms with van der Waals surface area (Å²) in [4.78, 5) is 20.6. The minimum Gasteiger partial charge on any atom is -0.493 e. The molecule has 214 valence electrons. The molecule has 0 unspecified atom stereocenters. The van der Waals surface area contributed by atoms with Crippen molar-refractivity contribution in [2.24, 2.45) is 4.99 Å². The fourth-order valence-corrected chi connectivity index (χ4v) is 6.08. The van der Waals surface area contributed by atoms with Gasteiger partial charge in [0, 0.05) is 10.0 Å². The van der Waals surface area contributed by atoms with E-state index < -0.39 is 0 Å². The van der Waals surface area contributed by atoms with Gasteiger partial charge in [-0.15, -0.1) is 0 Å². The van der Waals surface area contributed by atoms with Gasteiger partial charge in [0.2, 0.25) is 0 Å². The zero-order valence-electron chi connectivity index (χ0n) is 22.8. The third-order valence-corrected chi connectivity index (χ3v) is 8.79. The summed E-state index contributed by atoms with van der Waals surface area (Å²) in [7, 11) is 1.53. The van der Waals surface area contributed by atoms with Gasteiger partial charge in [-0.2, -0.15) is 0 Å². The number of nitrogens with zero attached hydrogens (tertiary/aromatic N) is 2. The van der Waals surface area contributed by atoms with Crippen molar-refractivity contribution in [3.8, 4) is 11.5 Å². The number of amidine groups is 1. The summed E-state index contributed by atoms with van der Waals surface area (Å²) in [5, 5.41) is 1.60. The lowest BCUT2D eigenvalue weighted by molar-refractivity contribution is -0.113. The second kappa shape index (κ2) is 12.9. The van der Waals surface area contributed by atoms with Gasteiger partial charge >= 0.3 is 0 Å². The number of aliphatic imine (C=N–C) groups is 1. The molecule has 1 fully saturated rings. The third-order valence-electron chi connectivity index (χ3n) is 6.42. The van der Waals surface area contributed by atoms with E-state index in [1.165, 1.54) is 31.0 Å². The van der Waals surface area contributed by atoms with Gasteiger partial charge in [-0.05, 0) is 118 Å². The van der Waals surface area contributed by atoms with E-state index in [0.717, 1.165) is 11.1 Å². The van der Waals surface area contributed by atoms with Gasteiger partial charge in [-0.3, -0.25) is 9.69 Å². The van der Waals surface area contributed by atoms with Crippen LogP contribution in [0.4, 0.5) is 15.8 Å². The molecule has 1 aliphatic rings. The van der Waals surface area contributed by atoms with Crippen molar-refractivity contribution in [1.29, 1.82) is 0 Å². The molecule has 10 heteroatoms. The van der Waals surface area contributed by atoms with Crippen molar-refractivity contribution in [3.63, 3.8) is 0 Å². The van der Waals surface area contributed by atoms with Crippen molar-refractivity contribution in [2.45, 2.75) is 20.5 Å². The largest absolute Gasteiger partial charge is 0.493 e. The van der Waals surface area contributed by atoms with E-state index in [1.807, 2.05) is 44.2 Å². The maximum Gasteiger partial charge on any atom is 0.271 e. The van der Waals surface area contributed by atoms with Gasteiger partial charge in [0.1, 0.15) is 12.4 Å². The zero-order chi connectivity index (χ0) is 30.0. The maximum atomic E-state index is 13.8. The molecule has 5 rings (SSSR count). The molecule has 1 heterocycles. The first-order valence-corrected chi connectivity index (χ1v) is 15.1. The van der Waals surface area contributed by atoms with Crippen LogP contribution in [0.15, 0.2) is 87.2 Å². The number of aryl methyl sites for hydroxylation is 2. The first-order valence-electron chi connectivity index (χ1n) is 12.7. The normalized spacial score (nSPS) is 15.1. The molecule has 0 aliphatic carbocycles. The first kappa shape index (κ1) is 30.2. The summed E-state index contributed by atoms with van der Waals surface area (Å²) in [6, 6.07) is 20.8. The van der Waals surface area contributed by atoms with Crippen LogP contribution < -0.4 is 14.4 Å². The smallest absolute Gasteiger partial charge is 0.271 e. The number of halogens is 4. The van der Waals surface area contributed by atoms with E-state index in [4.69, 9.17) is 37.7 Å². The molecule has 1 aliphatic heterocycles. The third kappa shape index (κ3) is 6.68. The summed E-state index contributed by atoms with van der Waals surface area (Å²) < 4.78 is 25.8. The Bertz CT molecular complexity index is 1760. The fourth-order valence-electron chi connectivity index (χ4n) is 4.16. The molecule has 5 nitrogen and oxygen atoms in total. The first-order chi connectivity index (χ1) is 20.1. The summed E-state index contributed by atoms with van der Waals surface area (Å²) in [6.45, 7) is 3.97. The fraction of sp³-hybridized carbons (Fsp3) is 0.125. The predicted molar refractivity (Wildman–Crippen MR) is 174 cm³/mol. The molecule has 0 N–H and O–H groups in total. The molecule has 0 aromatic heterocycles. The lowest BCUT2D eigenvalue weighted by Gasteiger charge is -2.17. The number of carbonyl (C=O) groups is 1. The Morgan fingerprint density at radius 2 is 1.74 bits per heavy atom. The van der Waals surface area contributed by atoms with Gasteiger partial charge in [-0.25, -0.2) is 9.38 Å². The van der Waals surface area contributed by atoms with Crippen molar-refractivity contribution >= 4 is 79.4 Å². The number of methoxy groups -OCH3 is 1. The van der Waals surface area contributed by atoms with Gasteiger partial charge < -0.3 is 9.47 Å². The van der Waals surface area contributed by atoms with Crippen LogP contribution in [0.25, 0.3) is 6.08 Å². The van der Waals surface area contributed by atoms with E-state index >= 15 is 0 Å². The lowest BCUT2D eigenvalue weighted by atomic mass is 10.1. The van der Waals surface area contributed by atoms with Crippen LogP contribution in [0.5, 0.6) is 11.5 Å². The van der Waals surface area contributed by atoms with E-state index in [2.05, 4.69) is 15.9 Å². The molecule has 4 aromatic rings. The monoisotopic (exact) mass is 684 g/mol. The minimum atomic E-state index is -0.335. The van der Waals surface area contributed by atoms with Gasteiger partial charge in [-0.1, -0.05) is 47.5 Å². The number of anilines is 1. The van der Waals surface area contributed by atoms with E-state index in [-0.39, 0.29) is 18.3 Å². The van der Waals surface area contributed by atoms with E-state index in [9.17, 15) is 9.18 Å². The minimum absolute atomic E-state index is 0.151. The number of ether oxygens (including phenoxy) is 2. The molecule has 4 aromatic carbocycles. The number of hydrogen-bond acceptors (Lipinski definition) is 5. The lowest BCUT2D eigenvalue weighted by Crippen LogP contribution is -2.28. The molecule has 0 bridgehead atoms. The Labute approximate surface area is 266 Å². The molecule has 0 radical (unpaired) electrons. The quantitative estimate of drug-likeness (QED) is 0.182. The number of amides is 1. The molecule has 0 spiro atoms. The Hall–Kier alpha value is -3.30. The highest BCUT2D eigenvalue weighted by atomic mass is 79.9. The maximum absolute atomic E-state index is 13.8. The Morgan fingerprint density at radius 3 is 2.43 bits per heavy atom. The zero-order valence-corrected chi connectivity index (χ0v) is 26.7. The number of benzene rings is 4. The second-order valence-electron chi connectivity index (χ2n) is 9.47. The molecule has 42 heavy (non-hydrogen) atoms. The van der Waals surface area contributed by atoms with Crippen LogP contribution in [0.2, 0.25) is 10.0 Å². The van der Waals surface area contributed by atoms with Gasteiger partial charge in [0.15, 0.2) is 16.7 Å². The highest BCUT2D eigenvalue weighted by Crippen LogP contribution is 2.41. The van der Waals surface area contributed by atoms with Crippen molar-refractivity contribution in [1.82, 2.24) is 0 Å². The van der Waals surface area contributed by atoms with Crippen LogP contribution in [0.3, 0.4) is 0 Å². The SMILES string of the molecule is COc1cc(/C=C2/SC(=Nc3ccc(C)c(Cl)c3)N(c3ccc(C)c(Cl)c3)C2=O)cc(Br)c1OCc1cccc(F)c1. The topological polar surface area (TPSA) is 51.1 Å². The highest BCUT2D eigenvalue weighted by molar-refractivity contribution is 9.10. The summed E-state index contributed by atoms with van der Waals surface area (Å²) in [5.41, 5.74) is 4.44. The second-order valence-corrected chi connectivity index (χ2v) is 12.1. The van der Waals surface area contributed by atoms with Gasteiger partial charge in [0.05, 0.1) is 27.9 Å². The number of hydrogen-bond donors (Lipinski definition) is 0. The standard InChI is InChI=1S/C32H24BrCl2FN2O3S/c1-18-7-9-23(15-26(18)34)37-32-38(24-10-8-19(2)27(35)16-24)31(39)29(42-32)14-21-12-25(33)30(28(13-21)40-3)41-17-20-5-4-6-22(36)11-20/h4-16H,17H2,1-3H3/b29-14+,37-32?. The Morgan fingerprint density at radius 1 is 1.00 bits per heavy atom. The molecule has 0 saturated carbocycles. The van der Waals surface area contributed by atoms with E-state index in [1.54, 1.807) is 41.3 Å². The molecule has 1 amide bonds. The van der Waals surface area contributed by atoms with Gasteiger partial charge in [0.25, 0.3) is 5.91 Å². The van der Waals surface area contributed by atoms with Crippen molar-refractivity contribution in [3.05, 3.63) is 120 Å². The average molecular weight is 686 g/mol. The van der Waals surface area contributed by atoms with Crippen molar-refractivity contribution in [2.75, 3.05) is 12.0 Å². The summed E-state index contributed by atoms with van der Waals surface area (Å²) >= 11 is 17.6. The molecule has 1 saturated heterocycles. The summed E-state index contributed by atoms with van der Waals surface area (Å²) in [6.07, 6.45) is 1.77. The highest BCUT2D eigenvalue weighted by Gasteiger charge is 2.35. The van der Waals surface area contributed by atoms with E-state index in [0.29, 0.717) is 58.6 Å². The van der Waals surface area contributed by atoms with Crippen molar-refractivity contribution < 1.29 is 18.7 Å². The molecule has 0 atom stereocenters. The van der Waals surface area contributed by atoms with Crippen LogP contribution in [0.1, 0.15) is 22.3 Å².